The van der Waals surface area contributed by atoms with Gasteiger partial charge >= 0.3 is 0 Å². The summed E-state index contributed by atoms with van der Waals surface area (Å²) in [5, 5.41) is 10.7. The minimum absolute atomic E-state index is 0.150. The standard InChI is InChI=1S/C51H40N2O8/c1-59-42-25-29(26-43(60-2)47(42)56)17-24-38-34-22-23-35-45(50(58)53(49(35)57)33-20-18-31(19-21-33)48-52-40-15-9-10-16-41(40)61-48)37(34)27-39-46(55)36(30-11-5-3-6-12-30)28-44(54)51(38,39)32-13-7-4-8-14-32/h3-22,24-26,28,35,37-39,45,56H,23,27H2,1-2H3. The maximum absolute atomic E-state index is 15.3. The molecule has 10 rings (SSSR count). The number of phenolic OH excluding ortho intramolecular Hbond substituents is 1. The highest BCUT2D eigenvalue weighted by atomic mass is 16.5. The highest BCUT2D eigenvalue weighted by Crippen LogP contribution is 2.61. The molecule has 61 heavy (non-hydrogen) atoms. The van der Waals surface area contributed by atoms with Gasteiger partial charge in [0.1, 0.15) is 5.52 Å². The Balaban J connectivity index is 1.09. The van der Waals surface area contributed by atoms with Crippen LogP contribution in [0.4, 0.5) is 5.69 Å². The minimum Gasteiger partial charge on any atom is -0.502 e. The Morgan fingerprint density at radius 3 is 2.15 bits per heavy atom. The number of ether oxygens (including phenoxy) is 2. The van der Waals surface area contributed by atoms with E-state index in [0.29, 0.717) is 45.0 Å². The molecule has 1 aliphatic heterocycles. The van der Waals surface area contributed by atoms with Crippen molar-refractivity contribution in [3.63, 3.8) is 0 Å². The first kappa shape index (κ1) is 37.9. The number of benzene rings is 5. The third kappa shape index (κ3) is 5.88. The van der Waals surface area contributed by atoms with Gasteiger partial charge in [0.25, 0.3) is 0 Å². The zero-order valence-electron chi connectivity index (χ0n) is 33.4. The average Bonchev–Trinajstić information content (AvgIpc) is 3.85. The molecule has 0 spiro atoms. The zero-order chi connectivity index (χ0) is 42.0. The molecule has 1 aromatic heterocycles. The molecule has 1 saturated carbocycles. The predicted octanol–water partition coefficient (Wildman–Crippen LogP) is 8.79. The topological polar surface area (TPSA) is 136 Å². The molecule has 1 N–H and O–H groups in total. The van der Waals surface area contributed by atoms with Crippen molar-refractivity contribution in [1.29, 1.82) is 0 Å². The first-order valence-corrected chi connectivity index (χ1v) is 20.3. The molecular weight excluding hydrogens is 769 g/mol. The number of phenols is 1. The van der Waals surface area contributed by atoms with Gasteiger partial charge < -0.3 is 19.0 Å². The quantitative estimate of drug-likeness (QED) is 0.118. The van der Waals surface area contributed by atoms with E-state index in [9.17, 15) is 14.7 Å². The van der Waals surface area contributed by atoms with E-state index in [2.05, 4.69) is 4.98 Å². The van der Waals surface area contributed by atoms with Gasteiger partial charge in [-0.2, -0.15) is 0 Å². The normalized spacial score (nSPS) is 24.6. The molecule has 6 aromatic rings. The highest BCUT2D eigenvalue weighted by Gasteiger charge is 2.65. The Morgan fingerprint density at radius 1 is 0.787 bits per heavy atom. The van der Waals surface area contributed by atoms with Gasteiger partial charge in [-0.3, -0.25) is 24.1 Å². The number of hydrogen-bond donors (Lipinski definition) is 1. The highest BCUT2D eigenvalue weighted by molar-refractivity contribution is 6.31. The minimum atomic E-state index is -1.38. The summed E-state index contributed by atoms with van der Waals surface area (Å²) in [6, 6.07) is 36.5. The predicted molar refractivity (Wildman–Crippen MR) is 230 cm³/mol. The van der Waals surface area contributed by atoms with Gasteiger partial charge in [0.15, 0.2) is 28.6 Å². The number of nitrogens with zero attached hydrogens (tertiary/aromatic N) is 2. The molecule has 2 heterocycles. The molecule has 0 bridgehead atoms. The molecule has 3 aliphatic carbocycles. The zero-order valence-corrected chi connectivity index (χ0v) is 33.4. The number of oxazole rings is 1. The van der Waals surface area contributed by atoms with E-state index >= 15 is 9.59 Å². The first-order valence-electron chi connectivity index (χ1n) is 20.3. The summed E-state index contributed by atoms with van der Waals surface area (Å²) >= 11 is 0. The fourth-order valence-electron chi connectivity index (χ4n) is 10.3. The summed E-state index contributed by atoms with van der Waals surface area (Å²) in [7, 11) is 2.90. The molecule has 1 saturated heterocycles. The Morgan fingerprint density at radius 2 is 1.46 bits per heavy atom. The monoisotopic (exact) mass is 808 g/mol. The summed E-state index contributed by atoms with van der Waals surface area (Å²) in [6.07, 6.45) is 7.77. The molecule has 10 nitrogen and oxygen atoms in total. The Kier molecular flexibility index (Phi) is 9.16. The summed E-state index contributed by atoms with van der Waals surface area (Å²) in [4.78, 5) is 65.7. The number of fused-ring (bicyclic) bond motifs is 5. The number of para-hydroxylation sites is 2. The number of allylic oxidation sites excluding steroid dienone is 5. The van der Waals surface area contributed by atoms with Crippen molar-refractivity contribution in [2.24, 2.45) is 29.6 Å². The van der Waals surface area contributed by atoms with Gasteiger partial charge in [-0.05, 0) is 90.1 Å². The molecular formula is C51H40N2O8. The maximum Gasteiger partial charge on any atom is 0.238 e. The van der Waals surface area contributed by atoms with E-state index in [1.165, 1.54) is 25.2 Å². The fourth-order valence-corrected chi connectivity index (χ4v) is 10.3. The van der Waals surface area contributed by atoms with Gasteiger partial charge in [0, 0.05) is 23.0 Å². The molecule has 2 amide bonds. The van der Waals surface area contributed by atoms with E-state index < -0.39 is 35.0 Å². The van der Waals surface area contributed by atoms with E-state index in [0.717, 1.165) is 11.1 Å². The summed E-state index contributed by atoms with van der Waals surface area (Å²) in [6.45, 7) is 0. The number of anilines is 1. The van der Waals surface area contributed by atoms with Crippen LogP contribution in [-0.4, -0.2) is 47.7 Å². The number of aromatic hydroxyl groups is 1. The summed E-state index contributed by atoms with van der Waals surface area (Å²) in [5.41, 5.74) is 4.25. The Labute approximate surface area is 351 Å². The SMILES string of the molecule is COc1cc(C=CC2C3=CCC4C(=O)N(c5ccc(-c6nc7ccccc7o6)cc5)C(=O)C4C3CC3C(=O)C(c4ccccc4)=CC(=O)C23c2ccccc2)cc(OC)c1O. The van der Waals surface area contributed by atoms with Crippen LogP contribution < -0.4 is 14.4 Å². The number of hydrogen-bond acceptors (Lipinski definition) is 9. The number of carbonyl (C=O) groups excluding carboxylic acids is 4. The van der Waals surface area contributed by atoms with Crippen LogP contribution in [0.15, 0.2) is 150 Å². The largest absolute Gasteiger partial charge is 0.502 e. The summed E-state index contributed by atoms with van der Waals surface area (Å²) in [5.74, 6) is -3.90. The average molecular weight is 809 g/mol. The fraction of sp³-hybridized carbons (Fsp3) is 0.196. The lowest BCUT2D eigenvalue weighted by atomic mass is 9.45. The number of Topliss-reactive ketones (excluding diaryl/α,β-unsaturated/α-hetero) is 1. The van der Waals surface area contributed by atoms with Crippen molar-refractivity contribution in [3.05, 3.63) is 162 Å². The number of methoxy groups -OCH3 is 2. The van der Waals surface area contributed by atoms with Crippen LogP contribution in [0, 0.1) is 29.6 Å². The third-order valence-electron chi connectivity index (χ3n) is 13.1. The first-order chi connectivity index (χ1) is 29.7. The van der Waals surface area contributed by atoms with Crippen molar-refractivity contribution < 1.29 is 38.2 Å². The Hall–Kier alpha value is -7.33. The third-order valence-corrected chi connectivity index (χ3v) is 13.1. The second-order valence-corrected chi connectivity index (χ2v) is 16.0. The van der Waals surface area contributed by atoms with Crippen molar-refractivity contribution in [1.82, 2.24) is 4.98 Å². The van der Waals surface area contributed by atoms with E-state index in [4.69, 9.17) is 13.9 Å². The lowest BCUT2D eigenvalue weighted by Crippen LogP contribution is -2.59. The van der Waals surface area contributed by atoms with Crippen LogP contribution in [-0.2, 0) is 24.6 Å². The van der Waals surface area contributed by atoms with Crippen molar-refractivity contribution in [2.45, 2.75) is 18.3 Å². The van der Waals surface area contributed by atoms with Crippen molar-refractivity contribution >= 4 is 51.8 Å². The molecule has 4 aliphatic rings. The van der Waals surface area contributed by atoms with E-state index in [1.807, 2.05) is 103 Å². The van der Waals surface area contributed by atoms with Gasteiger partial charge in [-0.1, -0.05) is 96.6 Å². The molecule has 302 valence electrons. The van der Waals surface area contributed by atoms with Crippen LogP contribution in [0.3, 0.4) is 0 Å². The summed E-state index contributed by atoms with van der Waals surface area (Å²) < 4.78 is 16.9. The number of rotatable bonds is 8. The maximum atomic E-state index is 15.3. The van der Waals surface area contributed by atoms with Gasteiger partial charge in [0.2, 0.25) is 23.5 Å². The van der Waals surface area contributed by atoms with Crippen LogP contribution >= 0.6 is 0 Å². The molecule has 6 atom stereocenters. The van der Waals surface area contributed by atoms with Gasteiger partial charge in [-0.15, -0.1) is 0 Å². The molecule has 2 fully saturated rings. The van der Waals surface area contributed by atoms with Crippen molar-refractivity contribution in [3.8, 4) is 28.7 Å². The lowest BCUT2D eigenvalue weighted by molar-refractivity contribution is -0.135. The molecule has 5 aromatic carbocycles. The van der Waals surface area contributed by atoms with Crippen LogP contribution in [0.1, 0.15) is 29.5 Å². The lowest BCUT2D eigenvalue weighted by Gasteiger charge is -2.54. The molecule has 6 unspecified atom stereocenters. The molecule has 10 heteroatoms. The second kappa shape index (κ2) is 14.7. The van der Waals surface area contributed by atoms with Crippen molar-refractivity contribution in [2.75, 3.05) is 19.1 Å². The van der Waals surface area contributed by atoms with E-state index in [-0.39, 0.29) is 53.5 Å². The van der Waals surface area contributed by atoms with E-state index in [1.54, 1.807) is 36.4 Å². The van der Waals surface area contributed by atoms with Gasteiger partial charge in [-0.25, -0.2) is 4.98 Å². The number of ketones is 2. The Bertz CT molecular complexity index is 2800. The molecule has 0 radical (unpaired) electrons. The number of amides is 2. The van der Waals surface area contributed by atoms with Crippen LogP contribution in [0.5, 0.6) is 17.2 Å². The second-order valence-electron chi connectivity index (χ2n) is 16.0. The van der Waals surface area contributed by atoms with Gasteiger partial charge in [0.05, 0.1) is 37.2 Å². The number of carbonyl (C=O) groups is 4. The van der Waals surface area contributed by atoms with Crippen LogP contribution in [0.2, 0.25) is 0 Å². The number of aromatic nitrogens is 1. The smallest absolute Gasteiger partial charge is 0.238 e. The number of imide groups is 1. The van der Waals surface area contributed by atoms with Crippen LogP contribution in [0.25, 0.3) is 34.2 Å².